The maximum Gasteiger partial charge on any atom is 0.265 e. The molecule has 0 atom stereocenters. The molecule has 29 heavy (non-hydrogen) atoms. The molecule has 1 aromatic heterocycles. The molecule has 1 fully saturated rings. The summed E-state index contributed by atoms with van der Waals surface area (Å²) < 4.78 is 5.28. The summed E-state index contributed by atoms with van der Waals surface area (Å²) in [4.78, 5) is 39.0. The van der Waals surface area contributed by atoms with Crippen molar-refractivity contribution in [2.75, 3.05) is 43.5 Å². The Morgan fingerprint density at radius 1 is 1.00 bits per heavy atom. The lowest BCUT2D eigenvalue weighted by atomic mass is 10.2. The van der Waals surface area contributed by atoms with Crippen LogP contribution in [0, 0.1) is 0 Å². The van der Waals surface area contributed by atoms with E-state index in [9.17, 15) is 14.4 Å². The van der Waals surface area contributed by atoms with Gasteiger partial charge in [0.05, 0.1) is 31.2 Å². The summed E-state index contributed by atoms with van der Waals surface area (Å²) in [6.45, 7) is 5.02. The van der Waals surface area contributed by atoms with Crippen LogP contribution in [0.1, 0.15) is 21.5 Å². The number of rotatable bonds is 7. The first-order chi connectivity index (χ1) is 14.0. The fraction of sp³-hybridized carbons (Fsp3) is 0.350. The molecule has 1 aliphatic heterocycles. The van der Waals surface area contributed by atoms with E-state index in [4.69, 9.17) is 4.74 Å². The zero-order valence-electron chi connectivity index (χ0n) is 16.2. The van der Waals surface area contributed by atoms with Gasteiger partial charge in [-0.1, -0.05) is 0 Å². The molecule has 1 aromatic carbocycles. The average molecular weight is 417 g/mol. The van der Waals surface area contributed by atoms with Crippen LogP contribution in [0.3, 0.4) is 0 Å². The van der Waals surface area contributed by atoms with Crippen LogP contribution in [0.4, 0.5) is 11.4 Å². The maximum atomic E-state index is 12.4. The molecule has 2 aromatic rings. The molecule has 8 nitrogen and oxygen atoms in total. The number of nitrogens with one attached hydrogen (secondary N) is 3. The SMILES string of the molecule is CC(=O)NCc1ccc(C(=O)Nc2ccc(NC(=O)CN3CCOCC3)cc2)s1. The van der Waals surface area contributed by atoms with Crippen LogP contribution in [0.15, 0.2) is 36.4 Å². The van der Waals surface area contributed by atoms with Gasteiger partial charge >= 0.3 is 0 Å². The Hall–Kier alpha value is -2.75. The molecular weight excluding hydrogens is 392 g/mol. The lowest BCUT2D eigenvalue weighted by Gasteiger charge is -2.25. The molecular formula is C20H24N4O4S. The molecule has 3 N–H and O–H groups in total. The molecule has 0 spiro atoms. The normalized spacial score (nSPS) is 14.2. The lowest BCUT2D eigenvalue weighted by Crippen LogP contribution is -2.41. The highest BCUT2D eigenvalue weighted by Gasteiger charge is 2.14. The van der Waals surface area contributed by atoms with Crippen molar-refractivity contribution in [2.45, 2.75) is 13.5 Å². The van der Waals surface area contributed by atoms with Gasteiger partial charge in [0.25, 0.3) is 5.91 Å². The van der Waals surface area contributed by atoms with Crippen LogP contribution in [0.2, 0.25) is 0 Å². The van der Waals surface area contributed by atoms with E-state index in [1.807, 2.05) is 6.07 Å². The van der Waals surface area contributed by atoms with Crippen molar-refractivity contribution in [1.82, 2.24) is 10.2 Å². The summed E-state index contributed by atoms with van der Waals surface area (Å²) in [5.74, 6) is -0.399. The van der Waals surface area contributed by atoms with Crippen LogP contribution in [-0.4, -0.2) is 55.5 Å². The molecule has 0 aliphatic carbocycles. The molecule has 0 radical (unpaired) electrons. The number of carbonyl (C=O) groups is 3. The van der Waals surface area contributed by atoms with Gasteiger partial charge in [-0.25, -0.2) is 0 Å². The van der Waals surface area contributed by atoms with Gasteiger partial charge in [-0.3, -0.25) is 19.3 Å². The number of nitrogens with zero attached hydrogens (tertiary/aromatic N) is 1. The Kier molecular flexibility index (Phi) is 7.34. The van der Waals surface area contributed by atoms with Crippen molar-refractivity contribution >= 4 is 40.4 Å². The Morgan fingerprint density at radius 3 is 2.31 bits per heavy atom. The largest absolute Gasteiger partial charge is 0.379 e. The number of ether oxygens (including phenoxy) is 1. The third-order valence-corrected chi connectivity index (χ3v) is 5.38. The van der Waals surface area contributed by atoms with E-state index in [-0.39, 0.29) is 17.7 Å². The van der Waals surface area contributed by atoms with Gasteiger partial charge in [-0.05, 0) is 36.4 Å². The Labute approximate surface area is 173 Å². The van der Waals surface area contributed by atoms with E-state index in [0.717, 1.165) is 18.0 Å². The second kappa shape index (κ2) is 10.1. The molecule has 9 heteroatoms. The van der Waals surface area contributed by atoms with E-state index in [1.54, 1.807) is 30.3 Å². The molecule has 0 bridgehead atoms. The fourth-order valence-electron chi connectivity index (χ4n) is 2.80. The van der Waals surface area contributed by atoms with E-state index in [2.05, 4.69) is 20.9 Å². The molecule has 1 aliphatic rings. The number of hydrogen-bond acceptors (Lipinski definition) is 6. The first-order valence-electron chi connectivity index (χ1n) is 9.34. The smallest absolute Gasteiger partial charge is 0.265 e. The third kappa shape index (κ3) is 6.67. The van der Waals surface area contributed by atoms with Crippen LogP contribution in [-0.2, 0) is 20.9 Å². The van der Waals surface area contributed by atoms with Crippen LogP contribution in [0.5, 0.6) is 0 Å². The zero-order chi connectivity index (χ0) is 20.6. The molecule has 1 saturated heterocycles. The highest BCUT2D eigenvalue weighted by atomic mass is 32.1. The van der Waals surface area contributed by atoms with E-state index in [1.165, 1.54) is 18.3 Å². The minimum absolute atomic E-state index is 0.0750. The Balaban J connectivity index is 1.48. The number of morpholine rings is 1. The van der Waals surface area contributed by atoms with Gasteiger partial charge in [-0.2, -0.15) is 0 Å². The van der Waals surface area contributed by atoms with E-state index in [0.29, 0.717) is 42.6 Å². The van der Waals surface area contributed by atoms with Crippen LogP contribution >= 0.6 is 11.3 Å². The zero-order valence-corrected chi connectivity index (χ0v) is 17.0. The van der Waals surface area contributed by atoms with Crippen LogP contribution in [0.25, 0.3) is 0 Å². The number of thiophene rings is 1. The first kappa shape index (κ1) is 21.0. The summed E-state index contributed by atoms with van der Waals surface area (Å²) in [5, 5.41) is 8.40. The van der Waals surface area contributed by atoms with E-state index < -0.39 is 0 Å². The van der Waals surface area contributed by atoms with Gasteiger partial charge < -0.3 is 20.7 Å². The van der Waals surface area contributed by atoms with Gasteiger partial charge in [0, 0.05) is 36.3 Å². The number of carbonyl (C=O) groups excluding carboxylic acids is 3. The number of anilines is 2. The summed E-state index contributed by atoms with van der Waals surface area (Å²) >= 11 is 1.33. The fourth-order valence-corrected chi connectivity index (χ4v) is 3.64. The van der Waals surface area contributed by atoms with Crippen molar-refractivity contribution in [3.8, 4) is 0 Å². The first-order valence-corrected chi connectivity index (χ1v) is 10.2. The molecule has 0 unspecified atom stereocenters. The van der Waals surface area contributed by atoms with Crippen molar-refractivity contribution in [3.05, 3.63) is 46.2 Å². The Morgan fingerprint density at radius 2 is 1.66 bits per heavy atom. The topological polar surface area (TPSA) is 99.8 Å². The molecule has 154 valence electrons. The quantitative estimate of drug-likeness (QED) is 0.640. The molecule has 2 heterocycles. The predicted molar refractivity (Wildman–Crippen MR) is 112 cm³/mol. The van der Waals surface area contributed by atoms with Gasteiger partial charge in [0.1, 0.15) is 0 Å². The summed E-state index contributed by atoms with van der Waals surface area (Å²) in [6.07, 6.45) is 0. The second-order valence-electron chi connectivity index (χ2n) is 6.64. The minimum atomic E-state index is -0.215. The minimum Gasteiger partial charge on any atom is -0.379 e. The number of benzene rings is 1. The lowest BCUT2D eigenvalue weighted by molar-refractivity contribution is -0.119. The molecule has 3 rings (SSSR count). The number of hydrogen-bond donors (Lipinski definition) is 3. The summed E-state index contributed by atoms with van der Waals surface area (Å²) in [7, 11) is 0. The van der Waals surface area contributed by atoms with Crippen LogP contribution < -0.4 is 16.0 Å². The maximum absolute atomic E-state index is 12.4. The second-order valence-corrected chi connectivity index (χ2v) is 7.81. The summed E-state index contributed by atoms with van der Waals surface area (Å²) in [5.41, 5.74) is 1.31. The van der Waals surface area contributed by atoms with Gasteiger partial charge in [0.2, 0.25) is 11.8 Å². The highest BCUT2D eigenvalue weighted by Crippen LogP contribution is 2.19. The van der Waals surface area contributed by atoms with E-state index >= 15 is 0 Å². The molecule has 0 saturated carbocycles. The monoisotopic (exact) mass is 416 g/mol. The third-order valence-electron chi connectivity index (χ3n) is 4.29. The predicted octanol–water partition coefficient (Wildman–Crippen LogP) is 1.91. The van der Waals surface area contributed by atoms with Crippen molar-refractivity contribution in [3.63, 3.8) is 0 Å². The van der Waals surface area contributed by atoms with Gasteiger partial charge in [-0.15, -0.1) is 11.3 Å². The standard InChI is InChI=1S/C20H24N4O4S/c1-14(25)21-12-17-6-7-18(29-17)20(27)23-16-4-2-15(3-5-16)22-19(26)13-24-8-10-28-11-9-24/h2-7H,8-13H2,1H3,(H,21,25)(H,22,26)(H,23,27). The van der Waals surface area contributed by atoms with Crippen molar-refractivity contribution in [2.24, 2.45) is 0 Å². The summed E-state index contributed by atoms with van der Waals surface area (Å²) in [6, 6.07) is 10.6. The van der Waals surface area contributed by atoms with Crippen molar-refractivity contribution in [1.29, 1.82) is 0 Å². The highest BCUT2D eigenvalue weighted by molar-refractivity contribution is 7.14. The number of amides is 3. The Bertz CT molecular complexity index is 860. The molecule has 3 amide bonds. The average Bonchev–Trinajstić information content (AvgIpc) is 3.18. The van der Waals surface area contributed by atoms with Crippen molar-refractivity contribution < 1.29 is 19.1 Å². The van der Waals surface area contributed by atoms with Gasteiger partial charge in [0.15, 0.2) is 0 Å².